The number of hydrogen-bond donors (Lipinski definition) is 0. The van der Waals surface area contributed by atoms with Crippen molar-refractivity contribution in [2.45, 2.75) is 6.92 Å². The summed E-state index contributed by atoms with van der Waals surface area (Å²) in [5, 5.41) is 0.160. The molecule has 5 heteroatoms. The van der Waals surface area contributed by atoms with Gasteiger partial charge in [0.1, 0.15) is 0 Å². The predicted molar refractivity (Wildman–Crippen MR) is 64.2 cm³/mol. The molecule has 0 spiro atoms. The van der Waals surface area contributed by atoms with Crippen molar-refractivity contribution in [3.8, 4) is 0 Å². The van der Waals surface area contributed by atoms with Gasteiger partial charge in [-0.15, -0.1) is 0 Å². The van der Waals surface area contributed by atoms with Crippen LogP contribution in [0.1, 0.15) is 22.3 Å². The Labute approximate surface area is 100 Å². The quantitative estimate of drug-likeness (QED) is 0.626. The molecule has 4 nitrogen and oxygen atoms in total. The molecule has 1 aromatic carbocycles. The Morgan fingerprint density at radius 2 is 2.06 bits per heavy atom. The van der Waals surface area contributed by atoms with E-state index in [1.165, 1.54) is 11.5 Å². The van der Waals surface area contributed by atoms with Gasteiger partial charge in [-0.25, -0.2) is 4.98 Å². The Morgan fingerprint density at radius 1 is 1.38 bits per heavy atom. The number of ketones is 1. The van der Waals surface area contributed by atoms with E-state index < -0.39 is 0 Å². The van der Waals surface area contributed by atoms with Crippen LogP contribution in [0.25, 0.3) is 11.0 Å². The van der Waals surface area contributed by atoms with E-state index in [-0.39, 0.29) is 22.8 Å². The summed E-state index contributed by atoms with van der Waals surface area (Å²) in [5.41, 5.74) is 1.32. The Balaban J connectivity index is 2.79. The first-order valence-electron chi connectivity index (χ1n) is 4.72. The highest BCUT2D eigenvalue weighted by atomic mass is 79.9. The van der Waals surface area contributed by atoms with E-state index in [9.17, 15) is 9.59 Å². The largest absolute Gasteiger partial charge is 0.291 e. The highest BCUT2D eigenvalue weighted by Crippen LogP contribution is 2.16. The van der Waals surface area contributed by atoms with Gasteiger partial charge < -0.3 is 0 Å². The Hall–Kier alpha value is -1.49. The monoisotopic (exact) mass is 280 g/mol. The maximum absolute atomic E-state index is 11.7. The zero-order valence-corrected chi connectivity index (χ0v) is 10.2. The maximum Gasteiger partial charge on any atom is 0.243 e. The summed E-state index contributed by atoms with van der Waals surface area (Å²) in [4.78, 5) is 27.3. The highest BCUT2D eigenvalue weighted by Gasteiger charge is 2.18. The number of benzene rings is 1. The molecule has 0 saturated carbocycles. The number of hydrogen-bond acceptors (Lipinski definition) is 3. The van der Waals surface area contributed by atoms with Crippen LogP contribution in [0, 0.1) is 0 Å². The number of carbonyl (C=O) groups is 2. The van der Waals surface area contributed by atoms with Gasteiger partial charge >= 0.3 is 0 Å². The molecule has 0 bridgehead atoms. The number of halogens is 1. The van der Waals surface area contributed by atoms with Crippen LogP contribution in [0.2, 0.25) is 0 Å². The lowest BCUT2D eigenvalue weighted by Gasteiger charge is -2.02. The SMILES string of the molecule is CC(=O)c1nc2ccccc2n1C(=O)CBr. The normalized spacial score (nSPS) is 10.6. The second-order valence-electron chi connectivity index (χ2n) is 3.34. The fourth-order valence-electron chi connectivity index (χ4n) is 1.57. The molecule has 0 fully saturated rings. The first-order valence-corrected chi connectivity index (χ1v) is 5.85. The van der Waals surface area contributed by atoms with Gasteiger partial charge in [0.15, 0.2) is 11.6 Å². The van der Waals surface area contributed by atoms with Crippen LogP contribution in [0.15, 0.2) is 24.3 Å². The smallest absolute Gasteiger partial charge is 0.243 e. The summed E-state index contributed by atoms with van der Waals surface area (Å²) in [7, 11) is 0. The molecule has 2 rings (SSSR count). The van der Waals surface area contributed by atoms with Crippen molar-refractivity contribution in [3.63, 3.8) is 0 Å². The number of aromatic nitrogens is 2. The number of carbonyl (C=O) groups excluding carboxylic acids is 2. The van der Waals surface area contributed by atoms with Crippen LogP contribution in [0.5, 0.6) is 0 Å². The molecule has 82 valence electrons. The van der Waals surface area contributed by atoms with E-state index in [4.69, 9.17) is 0 Å². The van der Waals surface area contributed by atoms with E-state index in [2.05, 4.69) is 20.9 Å². The van der Waals surface area contributed by atoms with Crippen LogP contribution < -0.4 is 0 Å². The van der Waals surface area contributed by atoms with Crippen molar-refractivity contribution in [2.75, 3.05) is 5.33 Å². The lowest BCUT2D eigenvalue weighted by molar-refractivity contribution is 0.0916. The van der Waals surface area contributed by atoms with Crippen molar-refractivity contribution in [3.05, 3.63) is 30.1 Å². The third-order valence-corrected chi connectivity index (χ3v) is 2.72. The van der Waals surface area contributed by atoms with Crippen molar-refractivity contribution in [1.82, 2.24) is 9.55 Å². The van der Waals surface area contributed by atoms with Crippen LogP contribution in [0.4, 0.5) is 0 Å². The average Bonchev–Trinajstić information content (AvgIpc) is 2.67. The third kappa shape index (κ3) is 1.67. The zero-order valence-electron chi connectivity index (χ0n) is 8.61. The minimum absolute atomic E-state index is 0.160. The number of imidazole rings is 1. The zero-order chi connectivity index (χ0) is 11.7. The van der Waals surface area contributed by atoms with Gasteiger partial charge in [-0.3, -0.25) is 14.2 Å². The molecular weight excluding hydrogens is 272 g/mol. The number of rotatable bonds is 2. The van der Waals surface area contributed by atoms with Crippen LogP contribution in [-0.2, 0) is 0 Å². The standard InChI is InChI=1S/C11H9BrN2O2/c1-7(15)11-13-8-4-2-3-5-9(8)14(11)10(16)6-12/h2-5H,6H2,1H3. The Bertz CT molecular complexity index is 574. The van der Waals surface area contributed by atoms with Crippen molar-refractivity contribution < 1.29 is 9.59 Å². The lowest BCUT2D eigenvalue weighted by atomic mass is 10.3. The fourth-order valence-corrected chi connectivity index (χ4v) is 1.83. The first-order chi connectivity index (χ1) is 7.65. The van der Waals surface area contributed by atoms with Gasteiger partial charge in [0.25, 0.3) is 0 Å². The third-order valence-electron chi connectivity index (χ3n) is 2.24. The van der Waals surface area contributed by atoms with Crippen molar-refractivity contribution >= 4 is 38.7 Å². The maximum atomic E-state index is 11.7. The van der Waals surface area contributed by atoms with Gasteiger partial charge in [0.2, 0.25) is 5.91 Å². The van der Waals surface area contributed by atoms with Crippen LogP contribution >= 0.6 is 15.9 Å². The predicted octanol–water partition coefficient (Wildman–Crippen LogP) is 2.27. The van der Waals surface area contributed by atoms with Crippen molar-refractivity contribution in [1.29, 1.82) is 0 Å². The van der Waals surface area contributed by atoms with E-state index in [0.29, 0.717) is 11.0 Å². The molecular formula is C11H9BrN2O2. The van der Waals surface area contributed by atoms with Crippen LogP contribution in [-0.4, -0.2) is 26.6 Å². The van der Waals surface area contributed by atoms with Crippen LogP contribution in [0.3, 0.4) is 0 Å². The molecule has 0 aliphatic carbocycles. The molecule has 2 aromatic rings. The van der Waals surface area contributed by atoms with Gasteiger partial charge in [0.05, 0.1) is 16.4 Å². The van der Waals surface area contributed by atoms with Crippen molar-refractivity contribution in [2.24, 2.45) is 0 Å². The van der Waals surface area contributed by atoms with E-state index in [0.717, 1.165) is 0 Å². The molecule has 0 radical (unpaired) electrons. The minimum Gasteiger partial charge on any atom is -0.291 e. The number of nitrogens with zero attached hydrogens (tertiary/aromatic N) is 2. The topological polar surface area (TPSA) is 52.0 Å². The molecule has 0 N–H and O–H groups in total. The number of para-hydroxylation sites is 2. The molecule has 0 aliphatic rings. The molecule has 0 saturated heterocycles. The van der Waals surface area contributed by atoms with Gasteiger partial charge in [-0.1, -0.05) is 28.1 Å². The number of fused-ring (bicyclic) bond motifs is 1. The van der Waals surface area contributed by atoms with E-state index in [1.807, 2.05) is 12.1 Å². The summed E-state index contributed by atoms with van der Waals surface area (Å²) in [6.07, 6.45) is 0. The summed E-state index contributed by atoms with van der Waals surface area (Å²) in [6.45, 7) is 1.40. The molecule has 0 aliphatic heterocycles. The first kappa shape index (κ1) is 11.0. The molecule has 1 heterocycles. The Morgan fingerprint density at radius 3 is 2.69 bits per heavy atom. The Kier molecular flexibility index (Phi) is 2.87. The van der Waals surface area contributed by atoms with Gasteiger partial charge in [-0.2, -0.15) is 0 Å². The minimum atomic E-state index is -0.217. The summed E-state index contributed by atoms with van der Waals surface area (Å²) in [5.74, 6) is -0.227. The number of alkyl halides is 1. The lowest BCUT2D eigenvalue weighted by Crippen LogP contribution is -2.17. The highest BCUT2D eigenvalue weighted by molar-refractivity contribution is 9.09. The molecule has 0 amide bonds. The second-order valence-corrected chi connectivity index (χ2v) is 3.90. The molecule has 1 aromatic heterocycles. The number of Topliss-reactive ketones (excluding diaryl/α,β-unsaturated/α-hetero) is 1. The summed E-state index contributed by atoms with van der Waals surface area (Å²) < 4.78 is 1.35. The van der Waals surface area contributed by atoms with Gasteiger partial charge in [0, 0.05) is 6.92 Å². The summed E-state index contributed by atoms with van der Waals surface area (Å²) in [6, 6.07) is 7.18. The van der Waals surface area contributed by atoms with E-state index in [1.54, 1.807) is 12.1 Å². The average molecular weight is 281 g/mol. The molecule has 0 atom stereocenters. The summed E-state index contributed by atoms with van der Waals surface area (Å²) >= 11 is 3.10. The second kappa shape index (κ2) is 4.17. The molecule has 0 unspecified atom stereocenters. The van der Waals surface area contributed by atoms with Gasteiger partial charge in [-0.05, 0) is 12.1 Å². The fraction of sp³-hybridized carbons (Fsp3) is 0.182. The molecule has 16 heavy (non-hydrogen) atoms. The van der Waals surface area contributed by atoms with E-state index >= 15 is 0 Å².